The fourth-order valence-corrected chi connectivity index (χ4v) is 0.907. The van der Waals surface area contributed by atoms with Gasteiger partial charge in [-0.25, -0.2) is 0 Å². The van der Waals surface area contributed by atoms with Crippen molar-refractivity contribution in [2.24, 2.45) is 0 Å². The predicted octanol–water partition coefficient (Wildman–Crippen LogP) is -0.0174. The minimum absolute atomic E-state index is 0.0193. The molecular formula is C4H5HgNO3. The van der Waals surface area contributed by atoms with Crippen LogP contribution in [-0.4, -0.2) is 5.97 Å². The first kappa shape index (κ1) is 8.91. The van der Waals surface area contributed by atoms with Crippen LogP contribution in [0.25, 0.3) is 0 Å². The third-order valence-corrected chi connectivity index (χ3v) is 1.98. The Bertz CT molecular complexity index is 134. The van der Waals surface area contributed by atoms with Gasteiger partial charge in [-0.05, 0) is 0 Å². The van der Waals surface area contributed by atoms with Crippen molar-refractivity contribution in [1.29, 1.82) is 0 Å². The van der Waals surface area contributed by atoms with Gasteiger partial charge in [-0.1, -0.05) is 0 Å². The monoisotopic (exact) mass is 317 g/mol. The standard InChI is InChI=1S/C4H5NO3.Hg/c1-3(5-7)8-4(2)6;/h1,5H,2H3;/q-1;+1. The number of nitrogens with one attached hydrogen (secondary N) is 1. The normalized spacial score (nSPS) is 10.9. The summed E-state index contributed by atoms with van der Waals surface area (Å²) in [4.78, 5) is 10.2. The zero-order valence-corrected chi connectivity index (χ0v) is 10.5. The number of carbonyl (C=O) groups is 1. The van der Waals surface area contributed by atoms with Gasteiger partial charge >= 0.3 is 68.7 Å². The van der Waals surface area contributed by atoms with Crippen LogP contribution in [0.15, 0.2) is 9.47 Å². The summed E-state index contributed by atoms with van der Waals surface area (Å²) in [6.45, 7) is 1.24. The first-order valence-electron chi connectivity index (χ1n) is 2.26. The minimum atomic E-state index is -0.477. The van der Waals surface area contributed by atoms with Gasteiger partial charge in [0.15, 0.2) is 0 Å². The predicted molar refractivity (Wildman–Crippen MR) is 26.4 cm³/mol. The van der Waals surface area contributed by atoms with Crippen LogP contribution in [0.4, 0.5) is 0 Å². The molecule has 4 nitrogen and oxygen atoms in total. The van der Waals surface area contributed by atoms with E-state index in [9.17, 15) is 10.0 Å². The van der Waals surface area contributed by atoms with E-state index in [0.29, 0.717) is 26.1 Å². The van der Waals surface area contributed by atoms with Crippen molar-refractivity contribution in [2.45, 2.75) is 6.92 Å². The number of carbonyl (C=O) groups excluding carboxylic acids is 1. The Morgan fingerprint density at radius 3 is 2.56 bits per heavy atom. The van der Waals surface area contributed by atoms with Crippen molar-refractivity contribution in [2.75, 3.05) is 0 Å². The molecule has 0 unspecified atom stereocenters. The fraction of sp³-hybridized carbons (Fsp3) is 0.250. The second-order valence-electron chi connectivity index (χ2n) is 1.26. The molecule has 0 saturated carbocycles. The van der Waals surface area contributed by atoms with Gasteiger partial charge in [-0.15, -0.1) is 0 Å². The average molecular weight is 316 g/mol. The maximum absolute atomic E-state index is 10.2. The quantitative estimate of drug-likeness (QED) is 0.337. The zero-order chi connectivity index (χ0) is 7.28. The molecule has 0 aliphatic heterocycles. The van der Waals surface area contributed by atoms with Gasteiger partial charge in [0.25, 0.3) is 0 Å². The summed E-state index contributed by atoms with van der Waals surface area (Å²) in [6, 6.07) is 0. The summed E-state index contributed by atoms with van der Waals surface area (Å²) in [5, 5.41) is 9.83. The third kappa shape index (κ3) is 4.41. The van der Waals surface area contributed by atoms with Crippen LogP contribution in [0.3, 0.4) is 0 Å². The first-order valence-corrected chi connectivity index (χ1v) is 5.44. The molecule has 0 aliphatic carbocycles. The van der Waals surface area contributed by atoms with E-state index < -0.39 is 5.97 Å². The van der Waals surface area contributed by atoms with Crippen LogP contribution < -0.4 is 5.48 Å². The second-order valence-corrected chi connectivity index (χ2v) is 2.85. The van der Waals surface area contributed by atoms with E-state index in [2.05, 4.69) is 4.74 Å². The summed E-state index contributed by atoms with van der Waals surface area (Å²) in [7, 11) is 0. The number of hydrogen-bond donors (Lipinski definition) is 1. The van der Waals surface area contributed by atoms with Crippen LogP contribution in [-0.2, 0) is 35.7 Å². The number of esters is 1. The Kier molecular flexibility index (Phi) is 4.70. The molecule has 46 valence electrons. The average Bonchev–Trinajstić information content (AvgIpc) is 1.82. The van der Waals surface area contributed by atoms with Crippen molar-refractivity contribution >= 4 is 5.97 Å². The van der Waals surface area contributed by atoms with Crippen molar-refractivity contribution < 1.29 is 35.7 Å². The van der Waals surface area contributed by atoms with E-state index in [0.717, 1.165) is 0 Å². The Morgan fingerprint density at radius 2 is 2.44 bits per heavy atom. The molecule has 0 rings (SSSR count). The van der Waals surface area contributed by atoms with Gasteiger partial charge in [0, 0.05) is 0 Å². The summed E-state index contributed by atoms with van der Waals surface area (Å²) in [5.74, 6) is -0.458. The molecule has 0 aromatic heterocycles. The summed E-state index contributed by atoms with van der Waals surface area (Å²) >= 11 is 0.325. The molecule has 9 heavy (non-hydrogen) atoms. The fourth-order valence-electron chi connectivity index (χ4n) is 0.259. The Balaban J connectivity index is 3.71. The number of hydrogen-bond acceptors (Lipinski definition) is 4. The Morgan fingerprint density at radius 1 is 1.89 bits per heavy atom. The number of rotatable bonds is 2. The van der Waals surface area contributed by atoms with E-state index in [1.54, 1.807) is 3.58 Å². The molecule has 5 heteroatoms. The molecule has 0 aromatic carbocycles. The van der Waals surface area contributed by atoms with Crippen molar-refractivity contribution in [3.8, 4) is 0 Å². The zero-order valence-electron chi connectivity index (χ0n) is 5.01. The number of ether oxygens (including phenoxy) is 1. The van der Waals surface area contributed by atoms with Gasteiger partial charge < -0.3 is 0 Å². The van der Waals surface area contributed by atoms with E-state index in [1.165, 1.54) is 12.4 Å². The summed E-state index contributed by atoms with van der Waals surface area (Å²) in [6.07, 6.45) is 0. The molecule has 0 heterocycles. The third-order valence-electron chi connectivity index (χ3n) is 0.540. The molecule has 0 atom stereocenters. The van der Waals surface area contributed by atoms with E-state index in [1.807, 2.05) is 0 Å². The molecule has 0 aliphatic rings. The first-order chi connectivity index (χ1) is 4.20. The Hall–Kier alpha value is -0.0949. The SMILES string of the molecule is CC(=O)O/C(=[CH]/[Hg+])N[O-]. The molecule has 0 spiro atoms. The van der Waals surface area contributed by atoms with Gasteiger partial charge in [0.1, 0.15) is 0 Å². The molecule has 1 N–H and O–H groups in total. The Labute approximate surface area is 68.8 Å². The van der Waals surface area contributed by atoms with E-state index in [4.69, 9.17) is 0 Å². The molecule has 0 bridgehead atoms. The molecule has 0 saturated heterocycles. The molecule has 0 amide bonds. The molecule has 0 fully saturated rings. The van der Waals surface area contributed by atoms with Gasteiger partial charge in [-0.2, -0.15) is 0 Å². The molecule has 0 radical (unpaired) electrons. The van der Waals surface area contributed by atoms with Gasteiger partial charge in [-0.3, -0.25) is 0 Å². The maximum atomic E-state index is 10.2. The topological polar surface area (TPSA) is 61.4 Å². The van der Waals surface area contributed by atoms with Crippen LogP contribution in [0, 0.1) is 5.21 Å². The van der Waals surface area contributed by atoms with Crippen LogP contribution in [0.1, 0.15) is 6.92 Å². The summed E-state index contributed by atoms with van der Waals surface area (Å²) in [5.41, 5.74) is 1.50. The van der Waals surface area contributed by atoms with Crippen LogP contribution >= 0.6 is 0 Å². The summed E-state index contributed by atoms with van der Waals surface area (Å²) < 4.78 is 5.96. The molecule has 0 aromatic rings. The van der Waals surface area contributed by atoms with Gasteiger partial charge in [0.2, 0.25) is 0 Å². The van der Waals surface area contributed by atoms with Crippen molar-refractivity contribution in [3.63, 3.8) is 0 Å². The van der Waals surface area contributed by atoms with Gasteiger partial charge in [0.05, 0.1) is 0 Å². The second kappa shape index (κ2) is 4.75. The van der Waals surface area contributed by atoms with Crippen molar-refractivity contribution in [1.82, 2.24) is 5.48 Å². The van der Waals surface area contributed by atoms with E-state index in [-0.39, 0.29) is 5.88 Å². The van der Waals surface area contributed by atoms with Crippen molar-refractivity contribution in [3.05, 3.63) is 14.7 Å². The molecular weight excluding hydrogens is 311 g/mol. The van der Waals surface area contributed by atoms with E-state index >= 15 is 0 Å². The van der Waals surface area contributed by atoms with Crippen LogP contribution in [0.5, 0.6) is 0 Å². The number of hydroxylamine groups is 1. The van der Waals surface area contributed by atoms with Crippen LogP contribution in [0.2, 0.25) is 0 Å².